The SMILES string of the molecule is Cc1sc2nc(CC(=O)N/N=C3/CCc4ccccc43)[nH]c(=O)c2c1C. The first kappa shape index (κ1) is 16.7. The topological polar surface area (TPSA) is 87.2 Å². The highest BCUT2D eigenvalue weighted by Gasteiger charge is 2.18. The Morgan fingerprint density at radius 3 is 2.96 bits per heavy atom. The predicted octanol–water partition coefficient (Wildman–Crippen LogP) is 2.61. The molecule has 0 atom stereocenters. The number of hydrogen-bond donors (Lipinski definition) is 2. The van der Waals surface area contributed by atoms with E-state index in [1.54, 1.807) is 0 Å². The Labute approximate surface area is 154 Å². The molecule has 1 aliphatic carbocycles. The smallest absolute Gasteiger partial charge is 0.259 e. The Morgan fingerprint density at radius 1 is 1.31 bits per heavy atom. The van der Waals surface area contributed by atoms with Gasteiger partial charge >= 0.3 is 0 Å². The lowest BCUT2D eigenvalue weighted by molar-refractivity contribution is -0.120. The molecule has 0 fully saturated rings. The van der Waals surface area contributed by atoms with Gasteiger partial charge in [0.15, 0.2) is 0 Å². The molecule has 1 aliphatic rings. The van der Waals surface area contributed by atoms with Crippen LogP contribution in [-0.4, -0.2) is 21.6 Å². The number of benzene rings is 1. The molecule has 7 heteroatoms. The van der Waals surface area contributed by atoms with E-state index < -0.39 is 0 Å². The highest BCUT2D eigenvalue weighted by atomic mass is 32.1. The number of thiophene rings is 1. The van der Waals surface area contributed by atoms with Crippen LogP contribution in [-0.2, 0) is 17.6 Å². The first-order valence-electron chi connectivity index (χ1n) is 8.45. The molecule has 2 N–H and O–H groups in total. The van der Waals surface area contributed by atoms with Crippen molar-refractivity contribution in [1.82, 2.24) is 15.4 Å². The van der Waals surface area contributed by atoms with Crippen LogP contribution in [0.4, 0.5) is 0 Å². The Balaban J connectivity index is 1.52. The van der Waals surface area contributed by atoms with Gasteiger partial charge in [-0.25, -0.2) is 10.4 Å². The van der Waals surface area contributed by atoms with Crippen LogP contribution in [0, 0.1) is 13.8 Å². The number of carbonyl (C=O) groups excluding carboxylic acids is 1. The highest BCUT2D eigenvalue weighted by molar-refractivity contribution is 7.18. The van der Waals surface area contributed by atoms with Gasteiger partial charge in [0.2, 0.25) is 5.91 Å². The number of rotatable bonds is 3. The quantitative estimate of drug-likeness (QED) is 0.699. The van der Waals surface area contributed by atoms with Gasteiger partial charge in [-0.2, -0.15) is 5.10 Å². The van der Waals surface area contributed by atoms with Crippen LogP contribution >= 0.6 is 11.3 Å². The molecule has 0 unspecified atom stereocenters. The van der Waals surface area contributed by atoms with Gasteiger partial charge in [-0.05, 0) is 37.8 Å². The molecule has 3 aromatic rings. The number of H-pyrrole nitrogens is 1. The minimum atomic E-state index is -0.297. The average molecular weight is 366 g/mol. The van der Waals surface area contributed by atoms with Gasteiger partial charge in [0.25, 0.3) is 5.56 Å². The largest absolute Gasteiger partial charge is 0.309 e. The number of hydrazone groups is 1. The van der Waals surface area contributed by atoms with Crippen molar-refractivity contribution in [3.05, 3.63) is 62.0 Å². The van der Waals surface area contributed by atoms with Crippen LogP contribution in [0.5, 0.6) is 0 Å². The molecule has 132 valence electrons. The first-order valence-corrected chi connectivity index (χ1v) is 9.27. The number of aryl methyl sites for hydroxylation is 3. The summed E-state index contributed by atoms with van der Waals surface area (Å²) in [7, 11) is 0. The van der Waals surface area contributed by atoms with E-state index in [1.807, 2.05) is 32.0 Å². The zero-order valence-electron chi connectivity index (χ0n) is 14.5. The van der Waals surface area contributed by atoms with Gasteiger partial charge in [0.05, 0.1) is 17.5 Å². The molecule has 6 nitrogen and oxygen atoms in total. The van der Waals surface area contributed by atoms with Crippen LogP contribution in [0.2, 0.25) is 0 Å². The summed E-state index contributed by atoms with van der Waals surface area (Å²) in [4.78, 5) is 33.4. The zero-order valence-corrected chi connectivity index (χ0v) is 15.4. The Bertz CT molecular complexity index is 1110. The van der Waals surface area contributed by atoms with E-state index in [4.69, 9.17) is 0 Å². The number of amides is 1. The lowest BCUT2D eigenvalue weighted by Gasteiger charge is -2.03. The zero-order chi connectivity index (χ0) is 18.3. The molecule has 2 heterocycles. The summed E-state index contributed by atoms with van der Waals surface area (Å²) in [5.41, 5.74) is 6.56. The molecule has 0 aliphatic heterocycles. The van der Waals surface area contributed by atoms with Crippen LogP contribution < -0.4 is 11.0 Å². The van der Waals surface area contributed by atoms with Gasteiger partial charge in [-0.3, -0.25) is 9.59 Å². The molecule has 1 aromatic carbocycles. The number of aromatic nitrogens is 2. The summed E-state index contributed by atoms with van der Waals surface area (Å²) in [6, 6.07) is 8.07. The summed E-state index contributed by atoms with van der Waals surface area (Å²) in [6.45, 7) is 3.87. The van der Waals surface area contributed by atoms with Crippen molar-refractivity contribution in [2.75, 3.05) is 0 Å². The molecule has 26 heavy (non-hydrogen) atoms. The maximum Gasteiger partial charge on any atom is 0.259 e. The predicted molar refractivity (Wildman–Crippen MR) is 103 cm³/mol. The highest BCUT2D eigenvalue weighted by Crippen LogP contribution is 2.25. The second kappa shape index (κ2) is 6.49. The van der Waals surface area contributed by atoms with Crippen LogP contribution in [0.25, 0.3) is 10.2 Å². The molecule has 2 aromatic heterocycles. The molecule has 0 bridgehead atoms. The van der Waals surface area contributed by atoms with Crippen molar-refractivity contribution < 1.29 is 4.79 Å². The van der Waals surface area contributed by atoms with Gasteiger partial charge in [-0.1, -0.05) is 24.3 Å². The second-order valence-corrected chi connectivity index (χ2v) is 7.61. The number of fused-ring (bicyclic) bond motifs is 2. The lowest BCUT2D eigenvalue weighted by Crippen LogP contribution is -2.24. The van der Waals surface area contributed by atoms with Crippen molar-refractivity contribution in [3.8, 4) is 0 Å². The van der Waals surface area contributed by atoms with E-state index in [2.05, 4.69) is 26.6 Å². The van der Waals surface area contributed by atoms with Crippen LogP contribution in [0.3, 0.4) is 0 Å². The maximum absolute atomic E-state index is 12.3. The number of carbonyl (C=O) groups is 1. The molecule has 0 spiro atoms. The number of hydrogen-bond acceptors (Lipinski definition) is 5. The summed E-state index contributed by atoms with van der Waals surface area (Å²) < 4.78 is 0. The van der Waals surface area contributed by atoms with Crippen molar-refractivity contribution in [3.63, 3.8) is 0 Å². The molecule has 0 radical (unpaired) electrons. The third-order valence-electron chi connectivity index (χ3n) is 4.69. The van der Waals surface area contributed by atoms with Crippen molar-refractivity contribution in [2.45, 2.75) is 33.1 Å². The summed E-state index contributed by atoms with van der Waals surface area (Å²) in [6.07, 6.45) is 1.74. The fourth-order valence-corrected chi connectivity index (χ4v) is 4.28. The third-order valence-corrected chi connectivity index (χ3v) is 5.79. The molecule has 1 amide bonds. The minimum Gasteiger partial charge on any atom is -0.309 e. The first-order chi connectivity index (χ1) is 12.5. The Hall–Kier alpha value is -2.80. The van der Waals surface area contributed by atoms with Gasteiger partial charge in [0, 0.05) is 10.4 Å². The lowest BCUT2D eigenvalue weighted by atomic mass is 10.1. The monoisotopic (exact) mass is 366 g/mol. The van der Waals surface area contributed by atoms with E-state index in [-0.39, 0.29) is 17.9 Å². The molecular weight excluding hydrogens is 348 g/mol. The van der Waals surface area contributed by atoms with E-state index >= 15 is 0 Å². The third kappa shape index (κ3) is 2.94. The van der Waals surface area contributed by atoms with Crippen molar-refractivity contribution in [2.24, 2.45) is 5.10 Å². The molecule has 4 rings (SSSR count). The Kier molecular flexibility index (Phi) is 4.16. The van der Waals surface area contributed by atoms with Crippen LogP contribution in [0.15, 0.2) is 34.2 Å². The fraction of sp³-hybridized carbons (Fsp3) is 0.263. The minimum absolute atomic E-state index is 0.0143. The Morgan fingerprint density at radius 2 is 2.12 bits per heavy atom. The fourth-order valence-electron chi connectivity index (χ4n) is 3.23. The van der Waals surface area contributed by atoms with Gasteiger partial charge < -0.3 is 4.98 Å². The molecule has 0 saturated carbocycles. The van der Waals surface area contributed by atoms with E-state index in [0.717, 1.165) is 34.6 Å². The van der Waals surface area contributed by atoms with E-state index in [1.165, 1.54) is 16.9 Å². The van der Waals surface area contributed by atoms with E-state index in [0.29, 0.717) is 16.0 Å². The van der Waals surface area contributed by atoms with Crippen molar-refractivity contribution >= 4 is 33.2 Å². The second-order valence-electron chi connectivity index (χ2n) is 6.40. The standard InChI is InChI=1S/C19H18N4O2S/c1-10-11(2)26-19-17(10)18(25)20-15(21-19)9-16(24)23-22-14-8-7-12-5-3-4-6-13(12)14/h3-6H,7-9H2,1-2H3,(H,23,24)(H,20,21,25)/b22-14-. The summed E-state index contributed by atoms with van der Waals surface area (Å²) in [5, 5.41) is 4.87. The van der Waals surface area contributed by atoms with E-state index in [9.17, 15) is 9.59 Å². The van der Waals surface area contributed by atoms with Crippen LogP contribution in [0.1, 0.15) is 33.8 Å². The van der Waals surface area contributed by atoms with Gasteiger partial charge in [-0.15, -0.1) is 11.3 Å². The normalized spacial score (nSPS) is 14.8. The van der Waals surface area contributed by atoms with Crippen molar-refractivity contribution in [1.29, 1.82) is 0 Å². The molecular formula is C19H18N4O2S. The summed E-state index contributed by atoms with van der Waals surface area (Å²) in [5.74, 6) is 0.0580. The number of nitrogens with zero attached hydrogens (tertiary/aromatic N) is 2. The summed E-state index contributed by atoms with van der Waals surface area (Å²) >= 11 is 1.47. The average Bonchev–Trinajstić information content (AvgIpc) is 3.14. The molecule has 0 saturated heterocycles. The van der Waals surface area contributed by atoms with Gasteiger partial charge in [0.1, 0.15) is 10.7 Å². The number of aromatic amines is 1. The maximum atomic E-state index is 12.3. The number of nitrogens with one attached hydrogen (secondary N) is 2.